The van der Waals surface area contributed by atoms with Crippen molar-refractivity contribution in [3.05, 3.63) is 36.7 Å². The van der Waals surface area contributed by atoms with Crippen molar-refractivity contribution in [1.82, 2.24) is 14.8 Å². The second-order valence-corrected chi connectivity index (χ2v) is 2.88. The first kappa shape index (κ1) is 8.90. The van der Waals surface area contributed by atoms with Gasteiger partial charge in [-0.3, -0.25) is 9.67 Å². The van der Waals surface area contributed by atoms with Crippen molar-refractivity contribution in [3.63, 3.8) is 0 Å². The van der Waals surface area contributed by atoms with Gasteiger partial charge in [0.25, 0.3) is 0 Å². The van der Waals surface area contributed by atoms with E-state index in [-0.39, 0.29) is 6.61 Å². The molecule has 1 N–H and O–H groups in total. The van der Waals surface area contributed by atoms with E-state index < -0.39 is 0 Å². The van der Waals surface area contributed by atoms with E-state index in [1.54, 1.807) is 17.1 Å². The van der Waals surface area contributed by atoms with Crippen LogP contribution in [-0.2, 0) is 6.54 Å². The second kappa shape index (κ2) is 4.02. The Balaban J connectivity index is 2.37. The van der Waals surface area contributed by atoms with Crippen LogP contribution in [0.1, 0.15) is 0 Å². The smallest absolute Gasteiger partial charge is 0.0882 e. The van der Waals surface area contributed by atoms with Gasteiger partial charge in [0, 0.05) is 12.4 Å². The summed E-state index contributed by atoms with van der Waals surface area (Å²) in [6.45, 7) is 0.584. The zero-order valence-electron chi connectivity index (χ0n) is 7.67. The summed E-state index contributed by atoms with van der Waals surface area (Å²) in [5.41, 5.74) is 1.80. The van der Waals surface area contributed by atoms with Gasteiger partial charge >= 0.3 is 0 Å². The molecule has 0 saturated carbocycles. The lowest BCUT2D eigenvalue weighted by atomic mass is 10.3. The Labute approximate surface area is 81.8 Å². The first-order valence-electron chi connectivity index (χ1n) is 4.46. The molecule has 0 aliphatic carbocycles. The van der Waals surface area contributed by atoms with Crippen molar-refractivity contribution in [3.8, 4) is 11.4 Å². The van der Waals surface area contributed by atoms with Gasteiger partial charge in [0.2, 0.25) is 0 Å². The minimum atomic E-state index is 0.0848. The third kappa shape index (κ3) is 1.65. The average molecular weight is 189 g/mol. The quantitative estimate of drug-likeness (QED) is 0.781. The fraction of sp³-hybridized carbons (Fsp3) is 0.200. The molecular formula is C10H11N3O. The van der Waals surface area contributed by atoms with Gasteiger partial charge in [0.15, 0.2) is 0 Å². The van der Waals surface area contributed by atoms with E-state index in [0.717, 1.165) is 11.4 Å². The fourth-order valence-electron chi connectivity index (χ4n) is 1.34. The Bertz CT molecular complexity index is 397. The molecule has 4 nitrogen and oxygen atoms in total. The van der Waals surface area contributed by atoms with E-state index in [1.165, 1.54) is 0 Å². The van der Waals surface area contributed by atoms with Crippen molar-refractivity contribution in [2.75, 3.05) is 6.61 Å². The summed E-state index contributed by atoms with van der Waals surface area (Å²) in [7, 11) is 0. The molecule has 0 radical (unpaired) electrons. The van der Waals surface area contributed by atoms with Crippen LogP contribution in [0.2, 0.25) is 0 Å². The highest BCUT2D eigenvalue weighted by Gasteiger charge is 2.04. The standard InChI is InChI=1S/C10H11N3O/c14-8-7-13-10(4-6-12-13)9-3-1-2-5-11-9/h1-6,14H,7-8H2. The monoisotopic (exact) mass is 189 g/mol. The molecule has 0 atom stereocenters. The number of rotatable bonds is 3. The molecule has 2 aromatic rings. The van der Waals surface area contributed by atoms with Crippen LogP contribution in [0, 0.1) is 0 Å². The number of aliphatic hydroxyl groups is 1. The lowest BCUT2D eigenvalue weighted by Gasteiger charge is -2.03. The minimum absolute atomic E-state index is 0.0848. The van der Waals surface area contributed by atoms with Crippen LogP contribution in [-0.4, -0.2) is 26.5 Å². The molecule has 0 fully saturated rings. The number of hydrogen-bond acceptors (Lipinski definition) is 3. The summed E-state index contributed by atoms with van der Waals surface area (Å²) in [4.78, 5) is 4.22. The van der Waals surface area contributed by atoms with E-state index >= 15 is 0 Å². The Morgan fingerprint density at radius 2 is 2.14 bits per heavy atom. The van der Waals surface area contributed by atoms with E-state index in [4.69, 9.17) is 5.11 Å². The molecule has 0 unspecified atom stereocenters. The molecule has 2 aromatic heterocycles. The maximum atomic E-state index is 8.83. The van der Waals surface area contributed by atoms with E-state index in [1.807, 2.05) is 24.3 Å². The minimum Gasteiger partial charge on any atom is -0.394 e. The molecular weight excluding hydrogens is 178 g/mol. The average Bonchev–Trinajstić information content (AvgIpc) is 2.68. The van der Waals surface area contributed by atoms with Crippen LogP contribution in [0.15, 0.2) is 36.7 Å². The molecule has 4 heteroatoms. The van der Waals surface area contributed by atoms with Crippen molar-refractivity contribution >= 4 is 0 Å². The first-order chi connectivity index (χ1) is 6.92. The van der Waals surface area contributed by atoms with Gasteiger partial charge < -0.3 is 5.11 Å². The molecule has 0 aromatic carbocycles. The first-order valence-corrected chi connectivity index (χ1v) is 4.46. The SMILES string of the molecule is OCCn1nccc1-c1ccccn1. The second-order valence-electron chi connectivity index (χ2n) is 2.88. The number of hydrogen-bond donors (Lipinski definition) is 1. The van der Waals surface area contributed by atoms with Gasteiger partial charge in [-0.15, -0.1) is 0 Å². The number of aliphatic hydroxyl groups excluding tert-OH is 1. The summed E-state index contributed by atoms with van der Waals surface area (Å²) in [6.07, 6.45) is 3.45. The van der Waals surface area contributed by atoms with Crippen LogP contribution in [0.25, 0.3) is 11.4 Å². The summed E-state index contributed by atoms with van der Waals surface area (Å²) in [6, 6.07) is 7.61. The van der Waals surface area contributed by atoms with E-state index in [0.29, 0.717) is 6.54 Å². The molecule has 0 aliphatic heterocycles. The van der Waals surface area contributed by atoms with E-state index in [9.17, 15) is 0 Å². The van der Waals surface area contributed by atoms with E-state index in [2.05, 4.69) is 10.1 Å². The number of nitrogens with zero attached hydrogens (tertiary/aromatic N) is 3. The largest absolute Gasteiger partial charge is 0.394 e. The van der Waals surface area contributed by atoms with Crippen LogP contribution in [0.3, 0.4) is 0 Å². The van der Waals surface area contributed by atoms with Crippen LogP contribution >= 0.6 is 0 Å². The third-order valence-corrected chi connectivity index (χ3v) is 1.96. The summed E-state index contributed by atoms with van der Waals surface area (Å²) >= 11 is 0. The van der Waals surface area contributed by atoms with Crippen LogP contribution in [0.5, 0.6) is 0 Å². The normalized spacial score (nSPS) is 10.4. The summed E-state index contributed by atoms with van der Waals surface area (Å²) < 4.78 is 1.74. The van der Waals surface area contributed by atoms with Crippen molar-refractivity contribution in [1.29, 1.82) is 0 Å². The molecule has 0 amide bonds. The maximum Gasteiger partial charge on any atom is 0.0882 e. The Hall–Kier alpha value is -1.68. The molecule has 0 aliphatic rings. The third-order valence-electron chi connectivity index (χ3n) is 1.96. The predicted octanol–water partition coefficient (Wildman–Crippen LogP) is 0.937. The Morgan fingerprint density at radius 3 is 2.86 bits per heavy atom. The zero-order valence-corrected chi connectivity index (χ0v) is 7.67. The van der Waals surface area contributed by atoms with Crippen LogP contribution in [0.4, 0.5) is 0 Å². The van der Waals surface area contributed by atoms with Gasteiger partial charge in [-0.25, -0.2) is 0 Å². The number of aromatic nitrogens is 3. The van der Waals surface area contributed by atoms with Crippen molar-refractivity contribution in [2.45, 2.75) is 6.54 Å². The van der Waals surface area contributed by atoms with Crippen molar-refractivity contribution < 1.29 is 5.11 Å². The highest BCUT2D eigenvalue weighted by Crippen LogP contribution is 2.14. The van der Waals surface area contributed by atoms with Crippen molar-refractivity contribution in [2.24, 2.45) is 0 Å². The Kier molecular flexibility index (Phi) is 2.55. The molecule has 0 saturated heterocycles. The predicted molar refractivity (Wildman–Crippen MR) is 52.5 cm³/mol. The lowest BCUT2D eigenvalue weighted by molar-refractivity contribution is 0.270. The topological polar surface area (TPSA) is 50.9 Å². The maximum absolute atomic E-state index is 8.83. The van der Waals surface area contributed by atoms with Gasteiger partial charge in [0.1, 0.15) is 0 Å². The molecule has 72 valence electrons. The highest BCUT2D eigenvalue weighted by molar-refractivity contribution is 5.53. The number of pyridine rings is 1. The van der Waals surface area contributed by atoms with Gasteiger partial charge in [0.05, 0.1) is 24.5 Å². The summed E-state index contributed by atoms with van der Waals surface area (Å²) in [5, 5.41) is 12.9. The molecule has 0 spiro atoms. The highest BCUT2D eigenvalue weighted by atomic mass is 16.3. The fourth-order valence-corrected chi connectivity index (χ4v) is 1.34. The molecule has 0 bridgehead atoms. The Morgan fingerprint density at radius 1 is 1.21 bits per heavy atom. The molecule has 2 rings (SSSR count). The van der Waals surface area contributed by atoms with Gasteiger partial charge in [-0.2, -0.15) is 5.10 Å². The molecule has 14 heavy (non-hydrogen) atoms. The lowest BCUT2D eigenvalue weighted by Crippen LogP contribution is -2.05. The van der Waals surface area contributed by atoms with Gasteiger partial charge in [-0.05, 0) is 18.2 Å². The zero-order chi connectivity index (χ0) is 9.80. The molecule has 2 heterocycles. The van der Waals surface area contributed by atoms with Crippen LogP contribution < -0.4 is 0 Å². The summed E-state index contributed by atoms with van der Waals surface area (Å²) in [5.74, 6) is 0. The van der Waals surface area contributed by atoms with Gasteiger partial charge in [-0.1, -0.05) is 6.07 Å².